The van der Waals surface area contributed by atoms with Gasteiger partial charge in [0.2, 0.25) is 0 Å². The predicted molar refractivity (Wildman–Crippen MR) is 47.0 cm³/mol. The fraction of sp³-hybridized carbons (Fsp3) is 0.125. The minimum atomic E-state index is -1.30. The van der Waals surface area contributed by atoms with Crippen molar-refractivity contribution >= 4 is 29.2 Å². The van der Waals surface area contributed by atoms with Gasteiger partial charge in [0.25, 0.3) is 0 Å². The second-order valence-corrected chi connectivity index (χ2v) is 3.14. The van der Waals surface area contributed by atoms with Crippen molar-refractivity contribution in [3.05, 3.63) is 28.2 Å². The minimum Gasteiger partial charge on any atom is -0.546 e. The third-order valence-electron chi connectivity index (χ3n) is 1.19. The molecular weight excluding hydrogens is 238 g/mol. The number of aliphatic carboxylic acids is 1. The van der Waals surface area contributed by atoms with Crippen molar-refractivity contribution in [2.24, 2.45) is 0 Å². The van der Waals surface area contributed by atoms with Crippen LogP contribution in [-0.4, -0.2) is 12.6 Å². The fourth-order valence-corrected chi connectivity index (χ4v) is 1.26. The largest absolute Gasteiger partial charge is 1.00 e. The molecule has 0 aliphatic carbocycles. The van der Waals surface area contributed by atoms with Crippen LogP contribution in [0.25, 0.3) is 0 Å². The maximum absolute atomic E-state index is 10.0. The molecule has 14 heavy (non-hydrogen) atoms. The number of ether oxygens (including phenoxy) is 1. The van der Waals surface area contributed by atoms with E-state index in [1.165, 1.54) is 18.2 Å². The van der Waals surface area contributed by atoms with Crippen molar-refractivity contribution in [2.75, 3.05) is 6.61 Å². The molecule has 0 heterocycles. The number of benzene rings is 1. The molecule has 6 heteroatoms. The Morgan fingerprint density at radius 3 is 2.21 bits per heavy atom. The Morgan fingerprint density at radius 2 is 1.79 bits per heavy atom. The van der Waals surface area contributed by atoms with Crippen LogP contribution >= 0.6 is 23.2 Å². The summed E-state index contributed by atoms with van der Waals surface area (Å²) in [7, 11) is 0. The Hall–Kier alpha value is 0.0700. The van der Waals surface area contributed by atoms with E-state index in [-0.39, 0.29) is 29.6 Å². The van der Waals surface area contributed by atoms with Crippen molar-refractivity contribution in [1.29, 1.82) is 0 Å². The Morgan fingerprint density at radius 1 is 1.29 bits per heavy atom. The summed E-state index contributed by atoms with van der Waals surface area (Å²) in [5.74, 6) is -0.988. The van der Waals surface area contributed by atoms with Crippen LogP contribution < -0.4 is 39.4 Å². The molecule has 1 aromatic carbocycles. The van der Waals surface area contributed by atoms with Crippen molar-refractivity contribution < 1.29 is 44.2 Å². The average molecular weight is 243 g/mol. The smallest absolute Gasteiger partial charge is 0.546 e. The maximum atomic E-state index is 10.0. The number of carbonyl (C=O) groups is 1. The number of carboxylic acids is 1. The molecule has 0 saturated carbocycles. The van der Waals surface area contributed by atoms with Gasteiger partial charge in [-0.15, -0.1) is 0 Å². The van der Waals surface area contributed by atoms with Gasteiger partial charge in [-0.3, -0.25) is 0 Å². The van der Waals surface area contributed by atoms with E-state index in [0.717, 1.165) is 0 Å². The zero-order chi connectivity index (χ0) is 9.84. The molecule has 0 radical (unpaired) electrons. The minimum absolute atomic E-state index is 0. The van der Waals surface area contributed by atoms with Gasteiger partial charge in [0, 0.05) is 10.0 Å². The summed E-state index contributed by atoms with van der Waals surface area (Å²) in [5, 5.41) is 10.8. The van der Waals surface area contributed by atoms with E-state index in [0.29, 0.717) is 15.8 Å². The van der Waals surface area contributed by atoms with Crippen LogP contribution in [0.5, 0.6) is 5.75 Å². The second kappa shape index (κ2) is 6.53. The van der Waals surface area contributed by atoms with Crippen LogP contribution in [0.1, 0.15) is 0 Å². The third-order valence-corrected chi connectivity index (χ3v) is 1.63. The average Bonchev–Trinajstić information content (AvgIpc) is 1.99. The standard InChI is InChI=1S/C8H6Cl2O3.Na/c9-5-1-6(10)3-7(2-5)13-4-8(11)12;/h1-3H,4H2,(H,11,12);/q;+1/p-1. The number of hydrogen-bond donors (Lipinski definition) is 0. The molecule has 0 aliphatic heterocycles. The molecule has 0 aromatic heterocycles. The van der Waals surface area contributed by atoms with Gasteiger partial charge in [0.05, 0.1) is 5.97 Å². The normalized spacial score (nSPS) is 9.00. The van der Waals surface area contributed by atoms with E-state index in [9.17, 15) is 9.90 Å². The number of hydrogen-bond acceptors (Lipinski definition) is 3. The first kappa shape index (κ1) is 14.1. The van der Waals surface area contributed by atoms with Gasteiger partial charge >= 0.3 is 29.6 Å². The van der Waals surface area contributed by atoms with Gasteiger partial charge in [-0.1, -0.05) is 23.2 Å². The van der Waals surface area contributed by atoms with Crippen LogP contribution in [0.2, 0.25) is 10.0 Å². The molecule has 0 unspecified atom stereocenters. The van der Waals surface area contributed by atoms with E-state index in [2.05, 4.69) is 0 Å². The zero-order valence-electron chi connectivity index (χ0n) is 7.42. The molecule has 0 aliphatic rings. The molecule has 1 rings (SSSR count). The maximum Gasteiger partial charge on any atom is 1.00 e. The summed E-state index contributed by atoms with van der Waals surface area (Å²) in [5.41, 5.74) is 0. The van der Waals surface area contributed by atoms with E-state index < -0.39 is 12.6 Å². The summed E-state index contributed by atoms with van der Waals surface area (Å²) in [6.45, 7) is -0.517. The van der Waals surface area contributed by atoms with Crippen molar-refractivity contribution in [3.8, 4) is 5.75 Å². The van der Waals surface area contributed by atoms with E-state index in [1.54, 1.807) is 0 Å². The monoisotopic (exact) mass is 242 g/mol. The number of rotatable bonds is 3. The van der Waals surface area contributed by atoms with Crippen molar-refractivity contribution in [1.82, 2.24) is 0 Å². The first-order valence-electron chi connectivity index (χ1n) is 3.36. The van der Waals surface area contributed by atoms with Crippen LogP contribution in [0.15, 0.2) is 18.2 Å². The number of carbonyl (C=O) groups excluding carboxylic acids is 1. The summed E-state index contributed by atoms with van der Waals surface area (Å²) >= 11 is 11.3. The summed E-state index contributed by atoms with van der Waals surface area (Å²) < 4.78 is 4.80. The molecule has 0 fully saturated rings. The van der Waals surface area contributed by atoms with Gasteiger partial charge in [0.15, 0.2) is 0 Å². The fourth-order valence-electron chi connectivity index (χ4n) is 0.754. The van der Waals surface area contributed by atoms with Gasteiger partial charge < -0.3 is 14.6 Å². The summed E-state index contributed by atoms with van der Waals surface area (Å²) in [6, 6.07) is 4.46. The SMILES string of the molecule is O=C([O-])COc1cc(Cl)cc(Cl)c1.[Na+]. The molecule has 3 nitrogen and oxygen atoms in total. The van der Waals surface area contributed by atoms with Crippen molar-refractivity contribution in [3.63, 3.8) is 0 Å². The Labute approximate surface area is 113 Å². The third kappa shape index (κ3) is 5.08. The van der Waals surface area contributed by atoms with Crippen molar-refractivity contribution in [2.45, 2.75) is 0 Å². The first-order chi connectivity index (χ1) is 6.08. The summed E-state index contributed by atoms with van der Waals surface area (Å²) in [6.07, 6.45) is 0. The first-order valence-corrected chi connectivity index (χ1v) is 4.12. The Kier molecular flexibility index (Phi) is 6.57. The second-order valence-electron chi connectivity index (χ2n) is 2.27. The van der Waals surface area contributed by atoms with Gasteiger partial charge in [-0.2, -0.15) is 0 Å². The molecule has 0 spiro atoms. The van der Waals surface area contributed by atoms with Gasteiger partial charge in [0.1, 0.15) is 12.4 Å². The van der Waals surface area contributed by atoms with E-state index in [1.807, 2.05) is 0 Å². The Bertz CT molecular complexity index is 310. The molecule has 0 saturated heterocycles. The molecule has 0 N–H and O–H groups in total. The molecular formula is C8H5Cl2NaO3. The number of carboxylic acid groups (broad SMARTS) is 1. The topological polar surface area (TPSA) is 49.4 Å². The molecule has 1 aromatic rings. The molecule has 0 amide bonds. The zero-order valence-corrected chi connectivity index (χ0v) is 10.9. The quantitative estimate of drug-likeness (QED) is 0.584. The van der Waals surface area contributed by atoms with Crippen LogP contribution in [0.3, 0.4) is 0 Å². The van der Waals surface area contributed by atoms with Crippen LogP contribution in [0.4, 0.5) is 0 Å². The molecule has 0 bridgehead atoms. The predicted octanol–water partition coefficient (Wildman–Crippen LogP) is -1.87. The van der Waals surface area contributed by atoms with Crippen LogP contribution in [0, 0.1) is 0 Å². The van der Waals surface area contributed by atoms with E-state index >= 15 is 0 Å². The molecule has 70 valence electrons. The van der Waals surface area contributed by atoms with E-state index in [4.69, 9.17) is 27.9 Å². The van der Waals surface area contributed by atoms with Gasteiger partial charge in [-0.05, 0) is 18.2 Å². The summed E-state index contributed by atoms with van der Waals surface area (Å²) in [4.78, 5) is 10.0. The van der Waals surface area contributed by atoms with Gasteiger partial charge in [-0.25, -0.2) is 0 Å². The molecule has 0 atom stereocenters. The van der Waals surface area contributed by atoms with Crippen LogP contribution in [-0.2, 0) is 4.79 Å². The number of halogens is 2. The Balaban J connectivity index is 0.00000169.